The number of hydrogen-bond donors (Lipinski definition) is 1. The van der Waals surface area contributed by atoms with Crippen LogP contribution in [0.2, 0.25) is 0 Å². The van der Waals surface area contributed by atoms with Crippen LogP contribution in [0.5, 0.6) is 0 Å². The summed E-state index contributed by atoms with van der Waals surface area (Å²) in [6.07, 6.45) is 2.86. The monoisotopic (exact) mass is 374 g/mol. The van der Waals surface area contributed by atoms with Crippen molar-refractivity contribution in [2.24, 2.45) is 23.7 Å². The summed E-state index contributed by atoms with van der Waals surface area (Å²) < 4.78 is 17.7. The van der Waals surface area contributed by atoms with E-state index in [0.29, 0.717) is 5.69 Å². The Hall–Kier alpha value is -2.77. The quantitative estimate of drug-likeness (QED) is 0.620. The molecular formula is C19H19FN2O5. The number of esters is 1. The van der Waals surface area contributed by atoms with Gasteiger partial charge in [0.25, 0.3) is 5.91 Å². The molecule has 0 radical (unpaired) electrons. The maximum absolute atomic E-state index is 12.8. The molecule has 1 N–H and O–H groups in total. The third-order valence-corrected chi connectivity index (χ3v) is 5.80. The van der Waals surface area contributed by atoms with Crippen LogP contribution in [0.4, 0.5) is 10.1 Å². The molecule has 8 heteroatoms. The van der Waals surface area contributed by atoms with E-state index in [-0.39, 0.29) is 35.5 Å². The zero-order chi connectivity index (χ0) is 19.1. The van der Waals surface area contributed by atoms with Crippen LogP contribution in [-0.2, 0) is 23.9 Å². The summed E-state index contributed by atoms with van der Waals surface area (Å²) in [5.41, 5.74) is 0.366. The molecule has 4 rings (SSSR count). The second kappa shape index (κ2) is 6.75. The molecule has 4 atom stereocenters. The van der Waals surface area contributed by atoms with Gasteiger partial charge in [0.1, 0.15) is 12.4 Å². The molecular weight excluding hydrogens is 355 g/mol. The number of amides is 3. The highest BCUT2D eigenvalue weighted by Gasteiger charge is 2.61. The lowest BCUT2D eigenvalue weighted by Gasteiger charge is -2.19. The Morgan fingerprint density at radius 3 is 2.26 bits per heavy atom. The van der Waals surface area contributed by atoms with Crippen molar-refractivity contribution in [3.63, 3.8) is 0 Å². The van der Waals surface area contributed by atoms with Crippen LogP contribution in [0.3, 0.4) is 0 Å². The molecule has 2 bridgehead atoms. The molecule has 3 amide bonds. The molecule has 27 heavy (non-hydrogen) atoms. The van der Waals surface area contributed by atoms with E-state index < -0.39 is 30.8 Å². The minimum Gasteiger partial charge on any atom is -0.454 e. The van der Waals surface area contributed by atoms with E-state index in [4.69, 9.17) is 4.74 Å². The number of carbonyl (C=O) groups is 4. The second-order valence-corrected chi connectivity index (χ2v) is 7.36. The lowest BCUT2D eigenvalue weighted by Crippen LogP contribution is -2.38. The van der Waals surface area contributed by atoms with Crippen LogP contribution in [0.1, 0.15) is 19.3 Å². The van der Waals surface area contributed by atoms with Gasteiger partial charge in [0.15, 0.2) is 6.61 Å². The van der Waals surface area contributed by atoms with E-state index in [2.05, 4.69) is 5.32 Å². The molecule has 1 aromatic carbocycles. The SMILES string of the molecule is O=C(COC(=O)CN1C(=O)[C@@H]2[C@H]3CC[C@@H](C3)[C@@H]2C1=O)Nc1ccc(F)cc1. The van der Waals surface area contributed by atoms with Gasteiger partial charge in [0.05, 0.1) is 11.8 Å². The topological polar surface area (TPSA) is 92.8 Å². The molecule has 2 saturated carbocycles. The smallest absolute Gasteiger partial charge is 0.326 e. The highest BCUT2D eigenvalue weighted by Crippen LogP contribution is 2.56. The Morgan fingerprint density at radius 2 is 1.67 bits per heavy atom. The molecule has 2 aliphatic carbocycles. The molecule has 1 aliphatic heterocycles. The maximum Gasteiger partial charge on any atom is 0.326 e. The third-order valence-electron chi connectivity index (χ3n) is 5.80. The Labute approximate surface area is 154 Å². The molecule has 1 heterocycles. The number of nitrogens with zero attached hydrogens (tertiary/aromatic N) is 1. The lowest BCUT2D eigenvalue weighted by molar-refractivity contribution is -0.154. The number of fused-ring (bicyclic) bond motifs is 5. The first kappa shape index (κ1) is 17.6. The number of anilines is 1. The molecule has 7 nitrogen and oxygen atoms in total. The number of ether oxygens (including phenoxy) is 1. The Bertz CT molecular complexity index is 781. The number of rotatable bonds is 5. The van der Waals surface area contributed by atoms with Crippen molar-refractivity contribution in [3.8, 4) is 0 Å². The van der Waals surface area contributed by atoms with Gasteiger partial charge in [-0.15, -0.1) is 0 Å². The Morgan fingerprint density at radius 1 is 1.07 bits per heavy atom. The average molecular weight is 374 g/mol. The molecule has 0 unspecified atom stereocenters. The van der Waals surface area contributed by atoms with Gasteiger partial charge in [-0.05, 0) is 55.4 Å². The molecule has 1 aromatic rings. The van der Waals surface area contributed by atoms with E-state index in [9.17, 15) is 23.6 Å². The van der Waals surface area contributed by atoms with Gasteiger partial charge in [-0.1, -0.05) is 0 Å². The Kier molecular flexibility index (Phi) is 4.41. The first-order valence-corrected chi connectivity index (χ1v) is 9.00. The van der Waals surface area contributed by atoms with Crippen LogP contribution < -0.4 is 5.32 Å². The molecule has 3 aliphatic rings. The zero-order valence-electron chi connectivity index (χ0n) is 14.5. The van der Waals surface area contributed by atoms with Gasteiger partial charge in [-0.2, -0.15) is 0 Å². The summed E-state index contributed by atoms with van der Waals surface area (Å²) in [6, 6.07) is 5.14. The number of likely N-dealkylation sites (tertiary alicyclic amines) is 1. The summed E-state index contributed by atoms with van der Waals surface area (Å²) >= 11 is 0. The van der Waals surface area contributed by atoms with E-state index >= 15 is 0 Å². The van der Waals surface area contributed by atoms with Crippen molar-refractivity contribution in [2.45, 2.75) is 19.3 Å². The van der Waals surface area contributed by atoms with Crippen LogP contribution in [0, 0.1) is 29.5 Å². The van der Waals surface area contributed by atoms with E-state index in [1.165, 1.54) is 24.3 Å². The van der Waals surface area contributed by atoms with Gasteiger partial charge in [0.2, 0.25) is 11.8 Å². The predicted octanol–water partition coefficient (Wildman–Crippen LogP) is 1.34. The summed E-state index contributed by atoms with van der Waals surface area (Å²) in [4.78, 5) is 49.8. The number of hydrogen-bond acceptors (Lipinski definition) is 5. The summed E-state index contributed by atoms with van der Waals surface area (Å²) in [7, 11) is 0. The van der Waals surface area contributed by atoms with Crippen molar-refractivity contribution >= 4 is 29.4 Å². The van der Waals surface area contributed by atoms with Gasteiger partial charge >= 0.3 is 5.97 Å². The molecule has 1 saturated heterocycles. The largest absolute Gasteiger partial charge is 0.454 e. The number of benzene rings is 1. The van der Waals surface area contributed by atoms with Gasteiger partial charge < -0.3 is 10.1 Å². The number of imide groups is 1. The second-order valence-electron chi connectivity index (χ2n) is 7.36. The first-order valence-electron chi connectivity index (χ1n) is 9.00. The fourth-order valence-electron chi connectivity index (χ4n) is 4.68. The maximum atomic E-state index is 12.8. The Balaban J connectivity index is 1.28. The highest BCUT2D eigenvalue weighted by molar-refractivity contribution is 6.07. The molecule has 0 aromatic heterocycles. The molecule has 3 fully saturated rings. The van der Waals surface area contributed by atoms with Crippen molar-refractivity contribution in [1.29, 1.82) is 0 Å². The number of carbonyl (C=O) groups excluding carboxylic acids is 4. The first-order chi connectivity index (χ1) is 12.9. The lowest BCUT2D eigenvalue weighted by atomic mass is 9.81. The van der Waals surface area contributed by atoms with Crippen LogP contribution >= 0.6 is 0 Å². The fraction of sp³-hybridized carbons (Fsp3) is 0.474. The normalized spacial score (nSPS) is 28.4. The van der Waals surface area contributed by atoms with Crippen molar-refractivity contribution in [1.82, 2.24) is 4.90 Å². The molecule has 0 spiro atoms. The van der Waals surface area contributed by atoms with E-state index in [1.807, 2.05) is 0 Å². The highest BCUT2D eigenvalue weighted by atomic mass is 19.1. The van der Waals surface area contributed by atoms with Crippen molar-refractivity contribution in [3.05, 3.63) is 30.1 Å². The summed E-state index contributed by atoms with van der Waals surface area (Å²) in [5.74, 6) is -2.48. The fourth-order valence-corrected chi connectivity index (χ4v) is 4.68. The van der Waals surface area contributed by atoms with Gasteiger partial charge in [-0.25, -0.2) is 4.39 Å². The predicted molar refractivity (Wildman–Crippen MR) is 90.5 cm³/mol. The van der Waals surface area contributed by atoms with E-state index in [0.717, 1.165) is 24.2 Å². The van der Waals surface area contributed by atoms with Crippen molar-refractivity contribution in [2.75, 3.05) is 18.5 Å². The molecule has 142 valence electrons. The van der Waals surface area contributed by atoms with Crippen LogP contribution in [0.25, 0.3) is 0 Å². The van der Waals surface area contributed by atoms with Crippen molar-refractivity contribution < 1.29 is 28.3 Å². The number of halogens is 1. The summed E-state index contributed by atoms with van der Waals surface area (Å²) in [6.45, 7) is -1.02. The van der Waals surface area contributed by atoms with Crippen LogP contribution in [-0.4, -0.2) is 41.7 Å². The zero-order valence-corrected chi connectivity index (χ0v) is 14.5. The van der Waals surface area contributed by atoms with Crippen LogP contribution in [0.15, 0.2) is 24.3 Å². The average Bonchev–Trinajstić information content (AvgIpc) is 3.32. The summed E-state index contributed by atoms with van der Waals surface area (Å²) in [5, 5.41) is 2.46. The minimum atomic E-state index is -0.807. The van der Waals surface area contributed by atoms with Gasteiger partial charge in [-0.3, -0.25) is 24.1 Å². The third kappa shape index (κ3) is 3.20. The van der Waals surface area contributed by atoms with E-state index in [1.54, 1.807) is 0 Å². The van der Waals surface area contributed by atoms with Gasteiger partial charge in [0, 0.05) is 5.69 Å². The minimum absolute atomic E-state index is 0.249. The standard InChI is InChI=1S/C19H19FN2O5/c20-12-3-5-13(6-4-12)21-14(23)9-27-15(24)8-22-18(25)16-10-1-2-11(7-10)17(16)19(22)26/h3-6,10-11,16-17H,1-2,7-9H2,(H,21,23)/t10-,11-,16-,17+/m0/s1. The number of nitrogens with one attached hydrogen (secondary N) is 1.